The molecule has 1 aromatic carbocycles. The zero-order valence-corrected chi connectivity index (χ0v) is 13.5. The van der Waals surface area contributed by atoms with Crippen molar-refractivity contribution < 1.29 is 4.42 Å². The third-order valence-electron chi connectivity index (χ3n) is 2.84. The van der Waals surface area contributed by atoms with Crippen LogP contribution in [0.25, 0.3) is 0 Å². The number of hydrogen-bond acceptors (Lipinski definition) is 2. The van der Waals surface area contributed by atoms with Crippen molar-refractivity contribution >= 4 is 44.8 Å². The predicted octanol–water partition coefficient (Wildman–Crippen LogP) is 5.78. The van der Waals surface area contributed by atoms with Gasteiger partial charge in [-0.05, 0) is 53.5 Å². The van der Waals surface area contributed by atoms with Crippen LogP contribution in [0, 0.1) is 0 Å². The standard InChI is InChI=1S/C14H14BrCl2NO/c1-9(4-5-10-3-2-8-19-10)18-12-7-6-11(15)13(16)14(12)17/h2-3,6-9,18H,4-5H2,1H3. The monoisotopic (exact) mass is 361 g/mol. The Balaban J connectivity index is 1.95. The maximum absolute atomic E-state index is 6.20. The van der Waals surface area contributed by atoms with Crippen LogP contribution in [0.15, 0.2) is 39.4 Å². The Kier molecular flexibility index (Phi) is 5.20. The highest BCUT2D eigenvalue weighted by atomic mass is 79.9. The number of benzene rings is 1. The summed E-state index contributed by atoms with van der Waals surface area (Å²) in [5.74, 6) is 0.994. The number of hydrogen-bond donors (Lipinski definition) is 1. The smallest absolute Gasteiger partial charge is 0.103 e. The van der Waals surface area contributed by atoms with Crippen LogP contribution < -0.4 is 5.32 Å². The highest BCUT2D eigenvalue weighted by Crippen LogP contribution is 2.36. The average Bonchev–Trinajstić information content (AvgIpc) is 2.90. The van der Waals surface area contributed by atoms with E-state index >= 15 is 0 Å². The van der Waals surface area contributed by atoms with Gasteiger partial charge in [-0.2, -0.15) is 0 Å². The molecule has 0 amide bonds. The Bertz CT molecular complexity index is 543. The lowest BCUT2D eigenvalue weighted by atomic mass is 10.1. The van der Waals surface area contributed by atoms with Crippen molar-refractivity contribution in [2.75, 3.05) is 5.32 Å². The summed E-state index contributed by atoms with van der Waals surface area (Å²) in [6, 6.07) is 7.96. The molecule has 0 fully saturated rings. The molecule has 1 aromatic heterocycles. The molecule has 2 nitrogen and oxygen atoms in total. The van der Waals surface area contributed by atoms with E-state index in [1.807, 2.05) is 24.3 Å². The number of furan rings is 1. The fourth-order valence-corrected chi connectivity index (χ4v) is 2.62. The third-order valence-corrected chi connectivity index (χ3v) is 4.61. The molecule has 2 rings (SSSR count). The van der Waals surface area contributed by atoms with Gasteiger partial charge in [0.05, 0.1) is 22.0 Å². The summed E-state index contributed by atoms with van der Waals surface area (Å²) in [6.07, 6.45) is 3.54. The van der Waals surface area contributed by atoms with Gasteiger partial charge >= 0.3 is 0 Å². The van der Waals surface area contributed by atoms with Gasteiger partial charge in [-0.3, -0.25) is 0 Å². The Hall–Kier alpha value is -0.640. The van der Waals surface area contributed by atoms with Crippen molar-refractivity contribution in [3.05, 3.63) is 50.8 Å². The lowest BCUT2D eigenvalue weighted by Gasteiger charge is -2.16. The molecule has 0 spiro atoms. The van der Waals surface area contributed by atoms with E-state index in [0.717, 1.165) is 28.8 Å². The molecular formula is C14H14BrCl2NO. The normalized spacial score (nSPS) is 12.4. The largest absolute Gasteiger partial charge is 0.469 e. The molecule has 0 saturated carbocycles. The van der Waals surface area contributed by atoms with Crippen LogP contribution in [0.1, 0.15) is 19.1 Å². The molecule has 0 bridgehead atoms. The van der Waals surface area contributed by atoms with E-state index in [0.29, 0.717) is 10.0 Å². The highest BCUT2D eigenvalue weighted by Gasteiger charge is 2.11. The molecular weight excluding hydrogens is 349 g/mol. The van der Waals surface area contributed by atoms with Crippen LogP contribution in [-0.4, -0.2) is 6.04 Å². The van der Waals surface area contributed by atoms with Crippen molar-refractivity contribution in [2.45, 2.75) is 25.8 Å². The molecule has 1 atom stereocenters. The van der Waals surface area contributed by atoms with E-state index in [4.69, 9.17) is 27.6 Å². The Morgan fingerprint density at radius 1 is 1.26 bits per heavy atom. The van der Waals surface area contributed by atoms with E-state index in [9.17, 15) is 0 Å². The summed E-state index contributed by atoms with van der Waals surface area (Å²) >= 11 is 15.6. The minimum absolute atomic E-state index is 0.278. The molecule has 0 aliphatic rings. The molecule has 0 saturated heterocycles. The Labute approximate surface area is 131 Å². The zero-order chi connectivity index (χ0) is 13.8. The number of anilines is 1. The SMILES string of the molecule is CC(CCc1ccco1)Nc1ccc(Br)c(Cl)c1Cl. The molecule has 0 aliphatic heterocycles. The molecule has 102 valence electrons. The first-order valence-electron chi connectivity index (χ1n) is 6.00. The van der Waals surface area contributed by atoms with Crippen LogP contribution >= 0.6 is 39.1 Å². The van der Waals surface area contributed by atoms with E-state index < -0.39 is 0 Å². The summed E-state index contributed by atoms with van der Waals surface area (Å²) < 4.78 is 6.11. The molecule has 0 aliphatic carbocycles. The molecule has 1 N–H and O–H groups in total. The van der Waals surface area contributed by atoms with E-state index in [2.05, 4.69) is 28.2 Å². The van der Waals surface area contributed by atoms with Crippen molar-refractivity contribution in [3.8, 4) is 0 Å². The summed E-state index contributed by atoms with van der Waals surface area (Å²) in [5.41, 5.74) is 0.849. The quantitative estimate of drug-likeness (QED) is 0.681. The average molecular weight is 363 g/mol. The second-order valence-electron chi connectivity index (χ2n) is 4.39. The van der Waals surface area contributed by atoms with Gasteiger partial charge in [0.15, 0.2) is 0 Å². The van der Waals surface area contributed by atoms with Crippen molar-refractivity contribution in [1.82, 2.24) is 0 Å². The summed E-state index contributed by atoms with van der Waals surface area (Å²) in [6.45, 7) is 2.11. The second kappa shape index (κ2) is 6.69. The minimum Gasteiger partial charge on any atom is -0.469 e. The van der Waals surface area contributed by atoms with Crippen LogP contribution in [0.5, 0.6) is 0 Å². The van der Waals surface area contributed by atoms with E-state index in [1.54, 1.807) is 6.26 Å². The van der Waals surface area contributed by atoms with Crippen LogP contribution in [-0.2, 0) is 6.42 Å². The first-order chi connectivity index (χ1) is 9.08. The number of halogens is 3. The van der Waals surface area contributed by atoms with E-state index in [1.165, 1.54) is 0 Å². The van der Waals surface area contributed by atoms with Gasteiger partial charge in [-0.1, -0.05) is 23.2 Å². The Morgan fingerprint density at radius 2 is 2.05 bits per heavy atom. The van der Waals surface area contributed by atoms with Gasteiger partial charge in [0.25, 0.3) is 0 Å². The minimum atomic E-state index is 0.278. The second-order valence-corrected chi connectivity index (χ2v) is 6.00. The lowest BCUT2D eigenvalue weighted by Crippen LogP contribution is -2.16. The van der Waals surface area contributed by atoms with Gasteiger partial charge < -0.3 is 9.73 Å². The summed E-state index contributed by atoms with van der Waals surface area (Å²) in [5, 5.41) is 4.44. The van der Waals surface area contributed by atoms with Gasteiger partial charge in [-0.25, -0.2) is 0 Å². The van der Waals surface area contributed by atoms with E-state index in [-0.39, 0.29) is 6.04 Å². The van der Waals surface area contributed by atoms with Gasteiger partial charge in [-0.15, -0.1) is 0 Å². The predicted molar refractivity (Wildman–Crippen MR) is 84.3 cm³/mol. The fourth-order valence-electron chi connectivity index (χ4n) is 1.79. The molecule has 1 heterocycles. The lowest BCUT2D eigenvalue weighted by molar-refractivity contribution is 0.495. The first-order valence-corrected chi connectivity index (χ1v) is 7.55. The number of rotatable bonds is 5. The topological polar surface area (TPSA) is 25.2 Å². The van der Waals surface area contributed by atoms with Crippen LogP contribution in [0.3, 0.4) is 0 Å². The third kappa shape index (κ3) is 3.91. The molecule has 5 heteroatoms. The van der Waals surface area contributed by atoms with Crippen molar-refractivity contribution in [3.63, 3.8) is 0 Å². The maximum Gasteiger partial charge on any atom is 0.103 e. The first kappa shape index (κ1) is 14.8. The molecule has 1 unspecified atom stereocenters. The van der Waals surface area contributed by atoms with Gasteiger partial charge in [0.2, 0.25) is 0 Å². The van der Waals surface area contributed by atoms with Gasteiger partial charge in [0.1, 0.15) is 5.76 Å². The van der Waals surface area contributed by atoms with Crippen LogP contribution in [0.2, 0.25) is 10.0 Å². The summed E-state index contributed by atoms with van der Waals surface area (Å²) in [7, 11) is 0. The summed E-state index contributed by atoms with van der Waals surface area (Å²) in [4.78, 5) is 0. The van der Waals surface area contributed by atoms with Crippen molar-refractivity contribution in [2.24, 2.45) is 0 Å². The number of aryl methyl sites for hydroxylation is 1. The molecule has 19 heavy (non-hydrogen) atoms. The van der Waals surface area contributed by atoms with Crippen LogP contribution in [0.4, 0.5) is 5.69 Å². The molecule has 2 aromatic rings. The number of nitrogens with one attached hydrogen (secondary N) is 1. The highest BCUT2D eigenvalue weighted by molar-refractivity contribution is 9.10. The fraction of sp³-hybridized carbons (Fsp3) is 0.286. The van der Waals surface area contributed by atoms with Crippen molar-refractivity contribution in [1.29, 1.82) is 0 Å². The maximum atomic E-state index is 6.20. The zero-order valence-electron chi connectivity index (χ0n) is 10.4. The Morgan fingerprint density at radius 3 is 2.74 bits per heavy atom. The molecule has 0 radical (unpaired) electrons. The van der Waals surface area contributed by atoms with Gasteiger partial charge in [0, 0.05) is 16.9 Å².